The molecule has 0 aromatic heterocycles. The summed E-state index contributed by atoms with van der Waals surface area (Å²) in [6.07, 6.45) is 2.53. The molecule has 4 nitrogen and oxygen atoms in total. The highest BCUT2D eigenvalue weighted by Crippen LogP contribution is 2.37. The Kier molecular flexibility index (Phi) is 7.20. The van der Waals surface area contributed by atoms with E-state index in [9.17, 15) is 0 Å². The van der Waals surface area contributed by atoms with E-state index in [1.807, 2.05) is 26.0 Å². The summed E-state index contributed by atoms with van der Waals surface area (Å²) >= 11 is 8.30. The van der Waals surface area contributed by atoms with Crippen LogP contribution in [0.4, 0.5) is 0 Å². The molecule has 0 amide bonds. The van der Waals surface area contributed by atoms with E-state index < -0.39 is 0 Å². The van der Waals surface area contributed by atoms with E-state index in [1.54, 1.807) is 12.1 Å². The molecule has 0 unspecified atom stereocenters. The first-order valence-electron chi connectivity index (χ1n) is 6.54. The summed E-state index contributed by atoms with van der Waals surface area (Å²) in [5, 5.41) is 9.02. The highest BCUT2D eigenvalue weighted by molar-refractivity contribution is 9.10. The number of hydrogen-bond donors (Lipinski definition) is 1. The van der Waals surface area contributed by atoms with Crippen LogP contribution in [0.15, 0.2) is 22.2 Å². The maximum absolute atomic E-state index is 9.02. The van der Waals surface area contributed by atoms with Gasteiger partial charge in [-0.1, -0.05) is 19.1 Å². The van der Waals surface area contributed by atoms with Gasteiger partial charge in [0.25, 0.3) is 0 Å². The number of nitrogens with zero attached hydrogens (tertiary/aromatic N) is 1. The third kappa shape index (κ3) is 5.03. The van der Waals surface area contributed by atoms with Crippen molar-refractivity contribution in [2.45, 2.75) is 20.3 Å². The van der Waals surface area contributed by atoms with E-state index >= 15 is 0 Å². The van der Waals surface area contributed by atoms with Gasteiger partial charge in [-0.15, -0.1) is 0 Å². The van der Waals surface area contributed by atoms with Crippen LogP contribution >= 0.6 is 28.1 Å². The summed E-state index contributed by atoms with van der Waals surface area (Å²) in [4.78, 5) is 0.0675. The number of thiocarbonyl (C=S) groups is 1. The van der Waals surface area contributed by atoms with E-state index in [0.717, 1.165) is 16.5 Å². The zero-order valence-electron chi connectivity index (χ0n) is 12.0. The molecule has 1 aromatic rings. The molecule has 0 aliphatic carbocycles. The van der Waals surface area contributed by atoms with Crippen molar-refractivity contribution in [2.75, 3.05) is 13.2 Å². The number of halogens is 1. The van der Waals surface area contributed by atoms with Crippen molar-refractivity contribution in [3.63, 3.8) is 0 Å². The predicted octanol–water partition coefficient (Wildman–Crippen LogP) is 3.83. The summed E-state index contributed by atoms with van der Waals surface area (Å²) in [5.41, 5.74) is 6.51. The first-order chi connectivity index (χ1) is 10.0. The number of ether oxygens (including phenoxy) is 2. The first-order valence-corrected chi connectivity index (χ1v) is 7.74. The molecule has 6 heteroatoms. The Bertz CT molecular complexity index is 594. The summed E-state index contributed by atoms with van der Waals surface area (Å²) in [7, 11) is 0. The monoisotopic (exact) mass is 368 g/mol. The van der Waals surface area contributed by atoms with Crippen LogP contribution in [-0.2, 0) is 0 Å². The highest BCUT2D eigenvalue weighted by atomic mass is 79.9. The van der Waals surface area contributed by atoms with Crippen molar-refractivity contribution in [3.05, 3.63) is 27.7 Å². The predicted molar refractivity (Wildman–Crippen MR) is 91.5 cm³/mol. The van der Waals surface area contributed by atoms with Crippen LogP contribution in [0.25, 0.3) is 6.08 Å². The number of hydrogen-bond acceptors (Lipinski definition) is 4. The Morgan fingerprint density at radius 2 is 2.14 bits per heavy atom. The fraction of sp³-hybridized carbons (Fsp3) is 0.333. The van der Waals surface area contributed by atoms with Crippen molar-refractivity contribution in [3.8, 4) is 17.6 Å². The molecular formula is C15H17BrN2O2S. The Morgan fingerprint density at radius 3 is 2.67 bits per heavy atom. The molecule has 112 valence electrons. The second-order valence-electron chi connectivity index (χ2n) is 4.15. The van der Waals surface area contributed by atoms with Gasteiger partial charge in [0, 0.05) is 0 Å². The van der Waals surface area contributed by atoms with Gasteiger partial charge in [-0.25, -0.2) is 0 Å². The van der Waals surface area contributed by atoms with Gasteiger partial charge in [-0.2, -0.15) is 5.26 Å². The van der Waals surface area contributed by atoms with Crippen LogP contribution in [0.1, 0.15) is 25.8 Å². The summed E-state index contributed by atoms with van der Waals surface area (Å²) < 4.78 is 12.1. The minimum Gasteiger partial charge on any atom is -0.490 e. The highest BCUT2D eigenvalue weighted by Gasteiger charge is 2.12. The molecular weight excluding hydrogens is 352 g/mol. The van der Waals surface area contributed by atoms with Gasteiger partial charge < -0.3 is 15.2 Å². The summed E-state index contributed by atoms with van der Waals surface area (Å²) in [6, 6.07) is 5.61. The van der Waals surface area contributed by atoms with Crippen LogP contribution < -0.4 is 15.2 Å². The number of rotatable bonds is 7. The molecule has 0 spiro atoms. The normalized spacial score (nSPS) is 10.9. The van der Waals surface area contributed by atoms with E-state index in [-0.39, 0.29) is 10.6 Å². The molecule has 0 fully saturated rings. The second kappa shape index (κ2) is 8.65. The number of nitrogens with two attached hydrogens (primary N) is 1. The van der Waals surface area contributed by atoms with Crippen LogP contribution in [0.2, 0.25) is 0 Å². The van der Waals surface area contributed by atoms with E-state index in [2.05, 4.69) is 15.9 Å². The Labute approximate surface area is 138 Å². The molecule has 0 aliphatic rings. The van der Waals surface area contributed by atoms with Crippen LogP contribution in [-0.4, -0.2) is 18.2 Å². The SMILES string of the molecule is CCCOc1c(Br)cc(/C=C(/C#N)C(N)=S)cc1OCC. The van der Waals surface area contributed by atoms with Gasteiger partial charge in [0.05, 0.1) is 23.3 Å². The van der Waals surface area contributed by atoms with Gasteiger partial charge >= 0.3 is 0 Å². The number of nitriles is 1. The van der Waals surface area contributed by atoms with E-state index in [0.29, 0.717) is 24.7 Å². The Hall–Kier alpha value is -1.58. The summed E-state index contributed by atoms with van der Waals surface area (Å²) in [6.45, 7) is 5.05. The smallest absolute Gasteiger partial charge is 0.175 e. The molecule has 1 rings (SSSR count). The van der Waals surface area contributed by atoms with Crippen LogP contribution in [0.5, 0.6) is 11.5 Å². The van der Waals surface area contributed by atoms with Crippen molar-refractivity contribution in [2.24, 2.45) is 5.73 Å². The molecule has 0 heterocycles. The lowest BCUT2D eigenvalue weighted by Gasteiger charge is -2.14. The van der Waals surface area contributed by atoms with Gasteiger partial charge in [-0.05, 0) is 53.0 Å². The van der Waals surface area contributed by atoms with Gasteiger partial charge in [-0.3, -0.25) is 0 Å². The maximum atomic E-state index is 9.02. The molecule has 0 saturated carbocycles. The summed E-state index contributed by atoms with van der Waals surface area (Å²) in [5.74, 6) is 1.27. The molecule has 2 N–H and O–H groups in total. The molecule has 0 aliphatic heterocycles. The minimum absolute atomic E-state index is 0.0675. The average molecular weight is 369 g/mol. The lowest BCUT2D eigenvalue weighted by atomic mass is 10.1. The van der Waals surface area contributed by atoms with E-state index in [4.69, 9.17) is 32.7 Å². The standard InChI is InChI=1S/C15H17BrN2O2S/c1-3-5-20-14-12(16)7-10(8-13(14)19-4-2)6-11(9-17)15(18)21/h6-8H,3-5H2,1-2H3,(H2,18,21)/b11-6-. The number of benzene rings is 1. The van der Waals surface area contributed by atoms with Crippen molar-refractivity contribution in [1.29, 1.82) is 5.26 Å². The molecule has 0 radical (unpaired) electrons. The average Bonchev–Trinajstić information content (AvgIpc) is 2.44. The third-order valence-electron chi connectivity index (χ3n) is 2.48. The molecule has 0 bridgehead atoms. The molecule has 1 aromatic carbocycles. The third-order valence-corrected chi connectivity index (χ3v) is 3.29. The molecule has 21 heavy (non-hydrogen) atoms. The Balaban J connectivity index is 3.26. The molecule has 0 saturated heterocycles. The lowest BCUT2D eigenvalue weighted by molar-refractivity contribution is 0.275. The van der Waals surface area contributed by atoms with Gasteiger partial charge in [0.15, 0.2) is 11.5 Å². The quantitative estimate of drug-likeness (QED) is 0.449. The zero-order chi connectivity index (χ0) is 15.8. The van der Waals surface area contributed by atoms with E-state index in [1.165, 1.54) is 0 Å². The lowest BCUT2D eigenvalue weighted by Crippen LogP contribution is -2.09. The first kappa shape index (κ1) is 17.5. The molecule has 0 atom stereocenters. The Morgan fingerprint density at radius 1 is 1.43 bits per heavy atom. The van der Waals surface area contributed by atoms with Crippen LogP contribution in [0, 0.1) is 11.3 Å². The maximum Gasteiger partial charge on any atom is 0.175 e. The van der Waals surface area contributed by atoms with Gasteiger partial charge in [0.2, 0.25) is 0 Å². The second-order valence-corrected chi connectivity index (χ2v) is 5.44. The minimum atomic E-state index is 0.0675. The van der Waals surface area contributed by atoms with Crippen molar-refractivity contribution < 1.29 is 9.47 Å². The fourth-order valence-corrected chi connectivity index (χ4v) is 2.28. The fourth-order valence-electron chi connectivity index (χ4n) is 1.60. The topological polar surface area (TPSA) is 68.3 Å². The van der Waals surface area contributed by atoms with Gasteiger partial charge in [0.1, 0.15) is 11.1 Å². The van der Waals surface area contributed by atoms with Crippen molar-refractivity contribution >= 4 is 39.2 Å². The zero-order valence-corrected chi connectivity index (χ0v) is 14.4. The van der Waals surface area contributed by atoms with Crippen molar-refractivity contribution in [1.82, 2.24) is 0 Å². The largest absolute Gasteiger partial charge is 0.490 e. The van der Waals surface area contributed by atoms with Crippen LogP contribution in [0.3, 0.4) is 0 Å².